The molecule has 1 N–H and O–H groups in total. The molecule has 1 aromatic heterocycles. The molecule has 4 unspecified atom stereocenters. The van der Waals surface area contributed by atoms with Crippen molar-refractivity contribution in [3.63, 3.8) is 0 Å². The number of fused-ring (bicyclic) bond motifs is 2. The molecule has 1 aromatic rings. The first-order chi connectivity index (χ1) is 8.22. The van der Waals surface area contributed by atoms with Crippen molar-refractivity contribution >= 4 is 0 Å². The lowest BCUT2D eigenvalue weighted by Crippen LogP contribution is -2.36. The van der Waals surface area contributed by atoms with Crippen molar-refractivity contribution < 1.29 is 4.52 Å². The molecule has 0 radical (unpaired) electrons. The zero-order valence-electron chi connectivity index (χ0n) is 10.6. The number of aryl methyl sites for hydroxylation is 1. The van der Waals surface area contributed by atoms with Crippen LogP contribution in [0.1, 0.15) is 44.3 Å². The first kappa shape index (κ1) is 11.2. The minimum atomic E-state index is 0.573. The quantitative estimate of drug-likeness (QED) is 0.870. The molecule has 0 spiro atoms. The first-order valence-corrected chi connectivity index (χ1v) is 6.75. The maximum Gasteiger partial charge on any atom is 0.223 e. The second-order valence-corrected chi connectivity index (χ2v) is 5.74. The molecule has 0 amide bonds. The van der Waals surface area contributed by atoms with Crippen LogP contribution in [-0.4, -0.2) is 16.2 Å². The summed E-state index contributed by atoms with van der Waals surface area (Å²) in [4.78, 5) is 4.22. The van der Waals surface area contributed by atoms with Gasteiger partial charge in [0.05, 0.1) is 6.54 Å². The van der Waals surface area contributed by atoms with Gasteiger partial charge in [-0.15, -0.1) is 0 Å². The van der Waals surface area contributed by atoms with Gasteiger partial charge in [-0.3, -0.25) is 0 Å². The van der Waals surface area contributed by atoms with E-state index in [-0.39, 0.29) is 0 Å². The van der Waals surface area contributed by atoms with Gasteiger partial charge in [0, 0.05) is 13.0 Å². The predicted molar refractivity (Wildman–Crippen MR) is 64.3 cm³/mol. The Morgan fingerprint density at radius 3 is 2.88 bits per heavy atom. The van der Waals surface area contributed by atoms with Crippen molar-refractivity contribution in [2.75, 3.05) is 0 Å². The lowest BCUT2D eigenvalue weighted by Gasteiger charge is -2.28. The van der Waals surface area contributed by atoms with Crippen LogP contribution in [0.5, 0.6) is 0 Å². The summed E-state index contributed by atoms with van der Waals surface area (Å²) < 4.78 is 4.97. The van der Waals surface area contributed by atoms with Crippen LogP contribution in [0.25, 0.3) is 0 Å². The van der Waals surface area contributed by atoms with Crippen LogP contribution in [0.3, 0.4) is 0 Å². The van der Waals surface area contributed by atoms with E-state index in [0.29, 0.717) is 11.9 Å². The van der Waals surface area contributed by atoms with Crippen molar-refractivity contribution in [1.29, 1.82) is 0 Å². The van der Waals surface area contributed by atoms with Gasteiger partial charge >= 0.3 is 0 Å². The Balaban J connectivity index is 1.52. The van der Waals surface area contributed by atoms with Crippen LogP contribution in [0, 0.1) is 24.7 Å². The third-order valence-electron chi connectivity index (χ3n) is 4.59. The van der Waals surface area contributed by atoms with E-state index in [1.165, 1.54) is 25.7 Å². The molecule has 3 rings (SSSR count). The van der Waals surface area contributed by atoms with Crippen LogP contribution < -0.4 is 5.32 Å². The van der Waals surface area contributed by atoms with Gasteiger partial charge in [0.1, 0.15) is 0 Å². The van der Waals surface area contributed by atoms with Crippen LogP contribution in [0.2, 0.25) is 0 Å². The monoisotopic (exact) mass is 235 g/mol. The Morgan fingerprint density at radius 1 is 1.41 bits per heavy atom. The normalized spacial score (nSPS) is 33.2. The highest BCUT2D eigenvalue weighted by Gasteiger charge is 2.41. The molecule has 2 fully saturated rings. The van der Waals surface area contributed by atoms with Gasteiger partial charge in [0.25, 0.3) is 0 Å². The second kappa shape index (κ2) is 4.41. The van der Waals surface area contributed by atoms with Crippen LogP contribution >= 0.6 is 0 Å². The van der Waals surface area contributed by atoms with Crippen molar-refractivity contribution in [2.45, 2.75) is 52.1 Å². The topological polar surface area (TPSA) is 51.0 Å². The third kappa shape index (κ3) is 2.23. The fourth-order valence-corrected chi connectivity index (χ4v) is 3.72. The molecule has 0 aromatic carbocycles. The fourth-order valence-electron chi connectivity index (χ4n) is 3.72. The van der Waals surface area contributed by atoms with E-state index in [0.717, 1.165) is 30.1 Å². The van der Waals surface area contributed by atoms with E-state index < -0.39 is 0 Å². The number of nitrogens with one attached hydrogen (secondary N) is 1. The Labute approximate surface area is 102 Å². The minimum Gasteiger partial charge on any atom is -0.340 e. The zero-order chi connectivity index (χ0) is 11.8. The van der Waals surface area contributed by atoms with Gasteiger partial charge in [-0.2, -0.15) is 4.98 Å². The van der Waals surface area contributed by atoms with Gasteiger partial charge in [-0.1, -0.05) is 11.6 Å². The molecule has 2 saturated carbocycles. The Kier molecular flexibility index (Phi) is 2.90. The first-order valence-electron chi connectivity index (χ1n) is 6.75. The molecule has 94 valence electrons. The lowest BCUT2D eigenvalue weighted by atomic mass is 9.84. The molecule has 0 aliphatic heterocycles. The molecule has 4 heteroatoms. The van der Waals surface area contributed by atoms with Gasteiger partial charge in [0.15, 0.2) is 5.82 Å². The number of aromatic nitrogens is 2. The average molecular weight is 235 g/mol. The maximum atomic E-state index is 4.97. The molecule has 2 aliphatic rings. The van der Waals surface area contributed by atoms with Gasteiger partial charge in [0.2, 0.25) is 5.89 Å². The molecule has 2 bridgehead atoms. The molecule has 4 nitrogen and oxygen atoms in total. The van der Waals surface area contributed by atoms with Gasteiger partial charge < -0.3 is 9.84 Å². The number of nitrogens with zero attached hydrogens (tertiary/aromatic N) is 2. The summed E-state index contributed by atoms with van der Waals surface area (Å²) in [5.74, 6) is 4.27. The smallest absolute Gasteiger partial charge is 0.223 e. The summed E-state index contributed by atoms with van der Waals surface area (Å²) in [6.07, 6.45) is 5.81. The number of rotatable bonds is 4. The standard InChI is InChI=1S/C13H21N3O/c1-8(12-6-10-3-4-11(12)5-10)14-7-13-15-9(2)17-16-13/h8,10-12,14H,3-7H2,1-2H3. The lowest BCUT2D eigenvalue weighted by molar-refractivity contribution is 0.257. The molecule has 0 saturated heterocycles. The summed E-state index contributed by atoms with van der Waals surface area (Å²) in [5.41, 5.74) is 0. The second-order valence-electron chi connectivity index (χ2n) is 5.74. The molecule has 1 heterocycles. The molecular weight excluding hydrogens is 214 g/mol. The van der Waals surface area contributed by atoms with Crippen molar-refractivity contribution in [1.82, 2.24) is 15.5 Å². The van der Waals surface area contributed by atoms with E-state index >= 15 is 0 Å². The zero-order valence-corrected chi connectivity index (χ0v) is 10.6. The highest BCUT2D eigenvalue weighted by Crippen LogP contribution is 2.49. The van der Waals surface area contributed by atoms with Crippen LogP contribution in [0.4, 0.5) is 0 Å². The highest BCUT2D eigenvalue weighted by molar-refractivity contribution is 4.94. The maximum absolute atomic E-state index is 4.97. The van der Waals surface area contributed by atoms with E-state index in [1.807, 2.05) is 6.92 Å². The summed E-state index contributed by atoms with van der Waals surface area (Å²) in [7, 11) is 0. The van der Waals surface area contributed by atoms with E-state index in [4.69, 9.17) is 4.52 Å². The number of hydrogen-bond acceptors (Lipinski definition) is 4. The Morgan fingerprint density at radius 2 is 2.29 bits per heavy atom. The van der Waals surface area contributed by atoms with Crippen LogP contribution in [0.15, 0.2) is 4.52 Å². The highest BCUT2D eigenvalue weighted by atomic mass is 16.5. The van der Waals surface area contributed by atoms with Crippen molar-refractivity contribution in [2.24, 2.45) is 17.8 Å². The molecular formula is C13H21N3O. The summed E-state index contributed by atoms with van der Waals surface area (Å²) in [6, 6.07) is 0.573. The Bertz CT molecular complexity index is 390. The SMILES string of the molecule is Cc1nc(CNC(C)C2CC3CCC2C3)no1. The van der Waals surface area contributed by atoms with E-state index in [9.17, 15) is 0 Å². The Hall–Kier alpha value is -0.900. The average Bonchev–Trinajstić information content (AvgIpc) is 3.01. The largest absolute Gasteiger partial charge is 0.340 e. The molecule has 4 atom stereocenters. The molecule has 17 heavy (non-hydrogen) atoms. The summed E-state index contributed by atoms with van der Waals surface area (Å²) >= 11 is 0. The van der Waals surface area contributed by atoms with Crippen molar-refractivity contribution in [3.05, 3.63) is 11.7 Å². The summed E-state index contributed by atoms with van der Waals surface area (Å²) in [6.45, 7) is 4.86. The number of hydrogen-bond donors (Lipinski definition) is 1. The van der Waals surface area contributed by atoms with E-state index in [2.05, 4.69) is 22.4 Å². The third-order valence-corrected chi connectivity index (χ3v) is 4.59. The van der Waals surface area contributed by atoms with Crippen molar-refractivity contribution in [3.8, 4) is 0 Å². The minimum absolute atomic E-state index is 0.573. The van der Waals surface area contributed by atoms with Gasteiger partial charge in [-0.25, -0.2) is 0 Å². The summed E-state index contributed by atoms with van der Waals surface area (Å²) in [5, 5.41) is 7.47. The van der Waals surface area contributed by atoms with Gasteiger partial charge in [-0.05, 0) is 43.9 Å². The fraction of sp³-hybridized carbons (Fsp3) is 0.846. The molecule has 2 aliphatic carbocycles. The van der Waals surface area contributed by atoms with Crippen LogP contribution in [-0.2, 0) is 6.54 Å². The predicted octanol–water partition coefficient (Wildman–Crippen LogP) is 2.29. The van der Waals surface area contributed by atoms with E-state index in [1.54, 1.807) is 0 Å².